The van der Waals surface area contributed by atoms with Gasteiger partial charge in [-0.3, -0.25) is 0 Å². The first kappa shape index (κ1) is 12.0. The van der Waals surface area contributed by atoms with Gasteiger partial charge in [-0.05, 0) is 0 Å². The van der Waals surface area contributed by atoms with Crippen molar-refractivity contribution in [2.45, 2.75) is 24.4 Å². The predicted molar refractivity (Wildman–Crippen MR) is 60.0 cm³/mol. The molecule has 0 saturated heterocycles. The minimum absolute atomic E-state index is 0. The highest BCUT2D eigenvalue weighted by Crippen LogP contribution is 1.98. The summed E-state index contributed by atoms with van der Waals surface area (Å²) in [5.41, 5.74) is 0. The van der Waals surface area contributed by atoms with Crippen LogP contribution in [-0.2, 0) is 0 Å². The van der Waals surface area contributed by atoms with Crippen LogP contribution in [0.1, 0.15) is 13.8 Å². The molecule has 0 unspecified atom stereocenters. The summed E-state index contributed by atoms with van der Waals surface area (Å²) in [4.78, 5) is 0. The quantitative estimate of drug-likeness (QED) is 0.656. The Morgan fingerprint density at radius 1 is 1.00 bits per heavy atom. The van der Waals surface area contributed by atoms with E-state index in [9.17, 15) is 0 Å². The Balaban J connectivity index is 0.00000121. The van der Waals surface area contributed by atoms with Gasteiger partial charge in [0.15, 0.2) is 0 Å². The molecule has 1 aromatic rings. The highest BCUT2D eigenvalue weighted by molar-refractivity contribution is 6.73. The standard InChI is InChI=1S/C6H5.2C2H5.Al.ClH/c1-2-4-6-5-3-1;2*1-2;;/h1-5H;2*1H2,2H3;;1H. The van der Waals surface area contributed by atoms with Crippen LogP contribution in [0.25, 0.3) is 0 Å². The molecule has 12 heavy (non-hydrogen) atoms. The molecule has 0 bridgehead atoms. The first-order chi connectivity index (χ1) is 5.38. The van der Waals surface area contributed by atoms with E-state index in [-0.39, 0.29) is 12.4 Å². The zero-order chi connectivity index (χ0) is 8.10. The maximum absolute atomic E-state index is 2.31. The van der Waals surface area contributed by atoms with Crippen molar-refractivity contribution >= 4 is 31.0 Å². The van der Waals surface area contributed by atoms with Crippen molar-refractivity contribution in [1.82, 2.24) is 0 Å². The van der Waals surface area contributed by atoms with Crippen molar-refractivity contribution in [1.29, 1.82) is 0 Å². The molecular weight excluding hydrogens is 183 g/mol. The lowest BCUT2D eigenvalue weighted by atomic mass is 10.4. The van der Waals surface area contributed by atoms with Gasteiger partial charge in [-0.2, -0.15) is 0 Å². The second kappa shape index (κ2) is 6.55. The fourth-order valence-electron chi connectivity index (χ4n) is 1.49. The molecule has 0 aromatic heterocycles. The molecule has 0 atom stereocenters. The Morgan fingerprint density at radius 2 is 1.50 bits per heavy atom. The molecule has 0 aliphatic carbocycles. The van der Waals surface area contributed by atoms with Gasteiger partial charge in [0, 0.05) is 0 Å². The number of hydrogen-bond acceptors (Lipinski definition) is 0. The van der Waals surface area contributed by atoms with Crippen molar-refractivity contribution < 1.29 is 0 Å². The van der Waals surface area contributed by atoms with Crippen molar-refractivity contribution in [3.8, 4) is 0 Å². The molecule has 0 heterocycles. The van der Waals surface area contributed by atoms with Gasteiger partial charge >= 0.3 is 14.1 Å². The second-order valence-electron chi connectivity index (χ2n) is 2.92. The summed E-state index contributed by atoms with van der Waals surface area (Å²) in [5.74, 6) is 0. The third-order valence-electron chi connectivity index (χ3n) is 2.26. The van der Waals surface area contributed by atoms with Gasteiger partial charge < -0.3 is 0 Å². The van der Waals surface area contributed by atoms with E-state index in [1.807, 2.05) is 0 Å². The average Bonchev–Trinajstić information content (AvgIpc) is 2.09. The summed E-state index contributed by atoms with van der Waals surface area (Å²) in [6.45, 7) is 4.63. The van der Waals surface area contributed by atoms with Crippen LogP contribution in [0.2, 0.25) is 10.6 Å². The van der Waals surface area contributed by atoms with Crippen LogP contribution >= 0.6 is 12.4 Å². The Hall–Kier alpha value is 0.0425. The van der Waals surface area contributed by atoms with E-state index in [0.29, 0.717) is 0 Å². The summed E-state index contributed by atoms with van der Waals surface area (Å²) in [6, 6.07) is 11.0. The van der Waals surface area contributed by atoms with Crippen LogP contribution < -0.4 is 4.43 Å². The van der Waals surface area contributed by atoms with Gasteiger partial charge in [0.25, 0.3) is 0 Å². The maximum Gasteiger partial charge on any atom is 0.305 e. The maximum atomic E-state index is 2.31. The van der Waals surface area contributed by atoms with Crippen molar-refractivity contribution in [3.05, 3.63) is 30.3 Å². The molecule has 1 aromatic carbocycles. The van der Waals surface area contributed by atoms with Crippen LogP contribution in [0.5, 0.6) is 0 Å². The molecule has 1 rings (SSSR count). The summed E-state index contributed by atoms with van der Waals surface area (Å²) in [6.07, 6.45) is 0. The van der Waals surface area contributed by atoms with Gasteiger partial charge in [0.2, 0.25) is 0 Å². The highest BCUT2D eigenvalue weighted by Gasteiger charge is 2.12. The molecule has 0 aliphatic heterocycles. The smallest absolute Gasteiger partial charge is 0.147 e. The van der Waals surface area contributed by atoms with E-state index in [1.54, 1.807) is 4.43 Å². The molecule has 2 heteroatoms. The molecule has 0 radical (unpaired) electrons. The second-order valence-corrected chi connectivity index (χ2v) is 6.62. The fraction of sp³-hybridized carbons (Fsp3) is 0.400. The molecule has 0 amide bonds. The zero-order valence-corrected chi connectivity index (χ0v) is 9.76. The Kier molecular flexibility index (Phi) is 6.57. The monoisotopic (exact) mass is 198 g/mol. The van der Waals surface area contributed by atoms with Gasteiger partial charge in [0.1, 0.15) is 0 Å². The van der Waals surface area contributed by atoms with Crippen LogP contribution in [0, 0.1) is 0 Å². The van der Waals surface area contributed by atoms with Crippen molar-refractivity contribution in [3.63, 3.8) is 0 Å². The normalized spacial score (nSPS) is 8.83. The zero-order valence-electron chi connectivity index (χ0n) is 7.79. The van der Waals surface area contributed by atoms with E-state index < -0.39 is 14.1 Å². The third-order valence-corrected chi connectivity index (χ3v) is 5.56. The summed E-state index contributed by atoms with van der Waals surface area (Å²) >= 11 is -0.550. The lowest BCUT2D eigenvalue weighted by Crippen LogP contribution is -2.27. The molecule has 66 valence electrons. The summed E-state index contributed by atoms with van der Waals surface area (Å²) in [7, 11) is 0. The first-order valence-corrected chi connectivity index (χ1v) is 6.64. The Labute approximate surface area is 85.8 Å². The van der Waals surface area contributed by atoms with Gasteiger partial charge in [-0.15, -0.1) is 16.8 Å². The van der Waals surface area contributed by atoms with Crippen LogP contribution in [0.15, 0.2) is 30.3 Å². The van der Waals surface area contributed by atoms with Crippen LogP contribution in [-0.4, -0.2) is 14.1 Å². The average molecular weight is 199 g/mol. The van der Waals surface area contributed by atoms with Gasteiger partial charge in [-0.25, -0.2) is 0 Å². The molecule has 0 N–H and O–H groups in total. The van der Waals surface area contributed by atoms with Crippen LogP contribution in [0.4, 0.5) is 0 Å². The fourth-order valence-corrected chi connectivity index (χ4v) is 3.77. The lowest BCUT2D eigenvalue weighted by Gasteiger charge is -2.05. The highest BCUT2D eigenvalue weighted by atomic mass is 35.5. The topological polar surface area (TPSA) is 0 Å². The number of hydrogen-bond donors (Lipinski definition) is 0. The molecule has 0 spiro atoms. The summed E-state index contributed by atoms with van der Waals surface area (Å²) < 4.78 is 1.62. The minimum atomic E-state index is -0.550. The van der Waals surface area contributed by atoms with E-state index in [0.717, 1.165) is 0 Å². The first-order valence-electron chi connectivity index (χ1n) is 4.43. The molecule has 0 fully saturated rings. The SMILES string of the molecule is C[CH2][Al]([CH2]C)[c]1ccccc1.Cl. The van der Waals surface area contributed by atoms with Crippen molar-refractivity contribution in [2.75, 3.05) is 0 Å². The number of benzene rings is 1. The molecule has 0 saturated carbocycles. The summed E-state index contributed by atoms with van der Waals surface area (Å²) in [5, 5.41) is 2.78. The van der Waals surface area contributed by atoms with E-state index in [4.69, 9.17) is 0 Å². The minimum Gasteiger partial charge on any atom is -0.147 e. The Bertz CT molecular complexity index is 194. The van der Waals surface area contributed by atoms with Gasteiger partial charge in [0.05, 0.1) is 0 Å². The largest absolute Gasteiger partial charge is 0.305 e. The van der Waals surface area contributed by atoms with Crippen molar-refractivity contribution in [2.24, 2.45) is 0 Å². The van der Waals surface area contributed by atoms with E-state index >= 15 is 0 Å². The lowest BCUT2D eigenvalue weighted by molar-refractivity contribution is 1.33. The Morgan fingerprint density at radius 3 is 1.92 bits per heavy atom. The number of halogens is 1. The molecular formula is C10H16AlCl. The van der Waals surface area contributed by atoms with E-state index in [1.165, 1.54) is 10.6 Å². The van der Waals surface area contributed by atoms with E-state index in [2.05, 4.69) is 44.2 Å². The third kappa shape index (κ3) is 3.19. The molecule has 0 nitrogen and oxygen atoms in total. The van der Waals surface area contributed by atoms with Gasteiger partial charge in [-0.1, -0.05) is 54.7 Å². The van der Waals surface area contributed by atoms with Crippen LogP contribution in [0.3, 0.4) is 0 Å². The predicted octanol–water partition coefficient (Wildman–Crippen LogP) is 2.85. The number of rotatable bonds is 3. The molecule has 0 aliphatic rings.